The third-order valence-corrected chi connectivity index (χ3v) is 5.16. The predicted molar refractivity (Wildman–Crippen MR) is 117 cm³/mol. The predicted octanol–water partition coefficient (Wildman–Crippen LogP) is 4.22. The fraction of sp³-hybridized carbons (Fsp3) is 0.227. The Morgan fingerprint density at radius 1 is 1.22 bits per heavy atom. The van der Waals surface area contributed by atoms with Gasteiger partial charge in [0.2, 0.25) is 0 Å². The topological polar surface area (TPSA) is 69.5 Å². The molecule has 168 valence electrons. The lowest BCUT2D eigenvalue weighted by atomic mass is 10.2. The summed E-state index contributed by atoms with van der Waals surface area (Å²) in [7, 11) is 3.18. The number of hydroxylamine groups is 2. The molecule has 0 N–H and O–H groups in total. The van der Waals surface area contributed by atoms with E-state index in [1.165, 1.54) is 16.7 Å². The second-order valence-electron chi connectivity index (χ2n) is 6.96. The van der Waals surface area contributed by atoms with Gasteiger partial charge in [0.15, 0.2) is 5.82 Å². The van der Waals surface area contributed by atoms with E-state index in [1.54, 1.807) is 32.3 Å². The monoisotopic (exact) mass is 462 g/mol. The molecule has 7 nitrogen and oxygen atoms in total. The largest absolute Gasteiger partial charge is 0.485 e. The second-order valence-corrected chi connectivity index (χ2v) is 7.34. The van der Waals surface area contributed by atoms with Crippen molar-refractivity contribution in [2.75, 3.05) is 14.2 Å². The average Bonchev–Trinajstić information content (AvgIpc) is 2.76. The molecule has 0 saturated heterocycles. The van der Waals surface area contributed by atoms with Crippen LogP contribution in [0.3, 0.4) is 0 Å². The van der Waals surface area contributed by atoms with E-state index < -0.39 is 17.2 Å². The van der Waals surface area contributed by atoms with Crippen molar-refractivity contribution in [3.63, 3.8) is 0 Å². The SMILES string of the molecule is C=C(c1cc(-n2c(C)cc(OCc3ncc(F)cc3F)c(Cl)c2=O)c(C)cn1)N(C)OC. The van der Waals surface area contributed by atoms with Gasteiger partial charge >= 0.3 is 0 Å². The molecule has 0 aliphatic heterocycles. The summed E-state index contributed by atoms with van der Waals surface area (Å²) in [4.78, 5) is 26.2. The van der Waals surface area contributed by atoms with Crippen LogP contribution in [0.4, 0.5) is 8.78 Å². The van der Waals surface area contributed by atoms with Crippen molar-refractivity contribution in [1.29, 1.82) is 0 Å². The van der Waals surface area contributed by atoms with Crippen LogP contribution in [0.2, 0.25) is 5.02 Å². The molecule has 0 bridgehead atoms. The molecule has 0 radical (unpaired) electrons. The number of hydrogen-bond acceptors (Lipinski definition) is 6. The highest BCUT2D eigenvalue weighted by molar-refractivity contribution is 6.31. The molecule has 0 aliphatic rings. The van der Waals surface area contributed by atoms with Crippen molar-refractivity contribution in [2.45, 2.75) is 20.5 Å². The van der Waals surface area contributed by atoms with Crippen LogP contribution < -0.4 is 10.3 Å². The third-order valence-electron chi connectivity index (χ3n) is 4.81. The maximum absolute atomic E-state index is 13.8. The first-order chi connectivity index (χ1) is 15.1. The zero-order chi connectivity index (χ0) is 23.6. The van der Waals surface area contributed by atoms with E-state index in [2.05, 4.69) is 16.5 Å². The molecule has 0 atom stereocenters. The number of nitrogens with zero attached hydrogens (tertiary/aromatic N) is 4. The molecule has 3 rings (SSSR count). The Morgan fingerprint density at radius 3 is 2.59 bits per heavy atom. The van der Waals surface area contributed by atoms with Crippen LogP contribution in [0.25, 0.3) is 11.4 Å². The summed E-state index contributed by atoms with van der Waals surface area (Å²) < 4.78 is 33.8. The van der Waals surface area contributed by atoms with E-state index in [1.807, 2.05) is 6.92 Å². The van der Waals surface area contributed by atoms with Gasteiger partial charge in [-0.05, 0) is 25.5 Å². The van der Waals surface area contributed by atoms with Crippen molar-refractivity contribution in [3.8, 4) is 11.4 Å². The summed E-state index contributed by atoms with van der Waals surface area (Å²) in [5.41, 5.74) is 2.18. The molecule has 0 fully saturated rings. The first kappa shape index (κ1) is 23.4. The Morgan fingerprint density at radius 2 is 1.94 bits per heavy atom. The Balaban J connectivity index is 1.99. The number of halogens is 3. The van der Waals surface area contributed by atoms with Crippen molar-refractivity contribution < 1.29 is 18.4 Å². The number of aromatic nitrogens is 3. The highest BCUT2D eigenvalue weighted by atomic mass is 35.5. The Kier molecular flexibility index (Phi) is 6.90. The van der Waals surface area contributed by atoms with Gasteiger partial charge in [0.1, 0.15) is 28.9 Å². The highest BCUT2D eigenvalue weighted by Crippen LogP contribution is 2.26. The maximum Gasteiger partial charge on any atom is 0.277 e. The molecule has 3 aromatic heterocycles. The zero-order valence-electron chi connectivity index (χ0n) is 17.9. The lowest BCUT2D eigenvalue weighted by Crippen LogP contribution is -2.23. The van der Waals surface area contributed by atoms with Crippen LogP contribution in [-0.2, 0) is 11.4 Å². The minimum absolute atomic E-state index is 0.0615. The molecule has 0 amide bonds. The van der Waals surface area contributed by atoms with Gasteiger partial charge in [0.05, 0.1) is 30.4 Å². The van der Waals surface area contributed by atoms with E-state index in [0.717, 1.165) is 11.8 Å². The molecule has 10 heteroatoms. The number of rotatable bonds is 7. The molecule has 0 aromatic carbocycles. The molecule has 0 unspecified atom stereocenters. The van der Waals surface area contributed by atoms with Gasteiger partial charge in [-0.3, -0.25) is 29.2 Å². The fourth-order valence-corrected chi connectivity index (χ4v) is 3.16. The van der Waals surface area contributed by atoms with E-state index in [4.69, 9.17) is 21.2 Å². The number of aryl methyl sites for hydroxylation is 2. The van der Waals surface area contributed by atoms with Crippen LogP contribution in [-0.4, -0.2) is 33.8 Å². The van der Waals surface area contributed by atoms with Crippen molar-refractivity contribution in [3.05, 3.63) is 86.8 Å². The quantitative estimate of drug-likeness (QED) is 0.490. The van der Waals surface area contributed by atoms with E-state index >= 15 is 0 Å². The number of hydrogen-bond donors (Lipinski definition) is 0. The van der Waals surface area contributed by atoms with E-state index in [0.29, 0.717) is 28.8 Å². The first-order valence-corrected chi connectivity index (χ1v) is 9.80. The lowest BCUT2D eigenvalue weighted by Gasteiger charge is -2.20. The second kappa shape index (κ2) is 9.46. The lowest BCUT2D eigenvalue weighted by molar-refractivity contribution is -0.0526. The molecule has 0 spiro atoms. The number of pyridine rings is 3. The number of ether oxygens (including phenoxy) is 1. The van der Waals surface area contributed by atoms with Gasteiger partial charge < -0.3 is 4.74 Å². The summed E-state index contributed by atoms with van der Waals surface area (Å²) in [5, 5.41) is 1.26. The summed E-state index contributed by atoms with van der Waals surface area (Å²) in [6.45, 7) is 7.14. The van der Waals surface area contributed by atoms with Crippen LogP contribution in [0.5, 0.6) is 5.75 Å². The molecular formula is C22H21ClF2N4O3. The molecule has 3 aromatic rings. The Bertz CT molecular complexity index is 1250. The molecular weight excluding hydrogens is 442 g/mol. The van der Waals surface area contributed by atoms with Gasteiger partial charge in [0, 0.05) is 31.1 Å². The average molecular weight is 463 g/mol. The molecule has 3 heterocycles. The van der Waals surface area contributed by atoms with Crippen LogP contribution in [0, 0.1) is 25.5 Å². The van der Waals surface area contributed by atoms with E-state index in [-0.39, 0.29) is 23.1 Å². The Labute approximate surface area is 188 Å². The highest BCUT2D eigenvalue weighted by Gasteiger charge is 2.18. The van der Waals surface area contributed by atoms with Gasteiger partial charge in [-0.15, -0.1) is 0 Å². The van der Waals surface area contributed by atoms with Gasteiger partial charge in [-0.1, -0.05) is 18.2 Å². The maximum atomic E-state index is 13.8. The van der Waals surface area contributed by atoms with Crippen molar-refractivity contribution >= 4 is 17.3 Å². The minimum Gasteiger partial charge on any atom is -0.485 e. The minimum atomic E-state index is -0.854. The van der Waals surface area contributed by atoms with Gasteiger partial charge in [-0.2, -0.15) is 0 Å². The summed E-state index contributed by atoms with van der Waals surface area (Å²) in [6, 6.07) is 3.96. The van der Waals surface area contributed by atoms with Crippen LogP contribution >= 0.6 is 11.6 Å². The third kappa shape index (κ3) is 4.63. The summed E-state index contributed by atoms with van der Waals surface area (Å²) in [5.74, 6) is -1.59. The molecule has 0 saturated carbocycles. The summed E-state index contributed by atoms with van der Waals surface area (Å²) in [6.07, 6.45) is 2.50. The van der Waals surface area contributed by atoms with E-state index in [9.17, 15) is 13.6 Å². The van der Waals surface area contributed by atoms with Gasteiger partial charge in [-0.25, -0.2) is 8.78 Å². The first-order valence-electron chi connectivity index (χ1n) is 9.43. The fourth-order valence-electron chi connectivity index (χ4n) is 2.96. The van der Waals surface area contributed by atoms with Crippen LogP contribution in [0.1, 0.15) is 22.6 Å². The smallest absolute Gasteiger partial charge is 0.277 e. The normalized spacial score (nSPS) is 10.8. The Hall–Kier alpha value is -3.30. The van der Waals surface area contributed by atoms with Crippen LogP contribution in [0.15, 0.2) is 42.0 Å². The zero-order valence-corrected chi connectivity index (χ0v) is 18.7. The van der Waals surface area contributed by atoms with Gasteiger partial charge in [0.25, 0.3) is 5.56 Å². The van der Waals surface area contributed by atoms with Crippen molar-refractivity contribution in [2.24, 2.45) is 0 Å². The summed E-state index contributed by atoms with van der Waals surface area (Å²) >= 11 is 6.29. The standard InChI is InChI=1S/C22H21ClF2N4O3/c1-12-9-26-17(14(3)28(4)31-5)8-19(12)29-13(2)6-20(21(23)22(29)30)32-11-18-16(25)7-15(24)10-27-18/h6-10H,3,11H2,1-2,4-5H3. The molecule has 32 heavy (non-hydrogen) atoms. The van der Waals surface area contributed by atoms with Crippen molar-refractivity contribution in [1.82, 2.24) is 19.6 Å². The molecule has 0 aliphatic carbocycles.